The van der Waals surface area contributed by atoms with Crippen molar-refractivity contribution in [2.75, 3.05) is 0 Å². The van der Waals surface area contributed by atoms with Crippen molar-refractivity contribution in [3.63, 3.8) is 0 Å². The third-order valence-electron chi connectivity index (χ3n) is 3.35. The first-order chi connectivity index (χ1) is 9.55. The Kier molecular flexibility index (Phi) is 4.60. The van der Waals surface area contributed by atoms with Crippen LogP contribution in [0, 0.1) is 0 Å². The Morgan fingerprint density at radius 2 is 1.95 bits per heavy atom. The minimum Gasteiger partial charge on any atom is -0.454 e. The molecule has 4 nitrogen and oxygen atoms in total. The third-order valence-corrected chi connectivity index (χ3v) is 5.58. The van der Waals surface area contributed by atoms with E-state index in [1.807, 2.05) is 6.92 Å². The van der Waals surface area contributed by atoms with E-state index in [-0.39, 0.29) is 4.90 Å². The molecule has 0 saturated heterocycles. The van der Waals surface area contributed by atoms with E-state index in [1.165, 1.54) is 6.08 Å². The minimum atomic E-state index is -3.51. The first-order valence-corrected chi connectivity index (χ1v) is 8.28. The number of rotatable bonds is 6. The number of hydrogen-bond donors (Lipinski definition) is 0. The van der Waals surface area contributed by atoms with Gasteiger partial charge in [-0.25, -0.2) is 13.2 Å². The zero-order chi connectivity index (χ0) is 14.6. The molecule has 1 aromatic carbocycles. The van der Waals surface area contributed by atoms with E-state index in [2.05, 4.69) is 0 Å². The smallest absolute Gasteiger partial charge is 0.331 e. The Balaban J connectivity index is 2.31. The fourth-order valence-electron chi connectivity index (χ4n) is 2.27. The fourth-order valence-corrected chi connectivity index (χ4v) is 4.13. The van der Waals surface area contributed by atoms with Crippen LogP contribution in [0.4, 0.5) is 0 Å². The summed E-state index contributed by atoms with van der Waals surface area (Å²) in [7, 11) is -3.51. The highest BCUT2D eigenvalue weighted by Gasteiger charge is 2.37. The van der Waals surface area contributed by atoms with Crippen LogP contribution in [0.3, 0.4) is 0 Å². The lowest BCUT2D eigenvalue weighted by atomic mass is 10.1. The van der Waals surface area contributed by atoms with Crippen molar-refractivity contribution in [1.82, 2.24) is 0 Å². The van der Waals surface area contributed by atoms with Crippen LogP contribution in [0.25, 0.3) is 0 Å². The first kappa shape index (κ1) is 14.8. The maximum absolute atomic E-state index is 12.7. The van der Waals surface area contributed by atoms with Gasteiger partial charge in [-0.2, -0.15) is 0 Å². The molecule has 1 aliphatic heterocycles. The molecule has 1 aromatic rings. The molecule has 0 spiro atoms. The quantitative estimate of drug-likeness (QED) is 0.756. The summed E-state index contributed by atoms with van der Waals surface area (Å²) >= 11 is 0. The van der Waals surface area contributed by atoms with Gasteiger partial charge in [-0.1, -0.05) is 38.0 Å². The summed E-state index contributed by atoms with van der Waals surface area (Å²) in [5, 5.41) is -0.715. The molecule has 5 heteroatoms. The van der Waals surface area contributed by atoms with Gasteiger partial charge in [-0.05, 0) is 24.6 Å². The monoisotopic (exact) mass is 294 g/mol. The van der Waals surface area contributed by atoms with E-state index in [1.54, 1.807) is 36.4 Å². The van der Waals surface area contributed by atoms with Crippen LogP contribution in [0.2, 0.25) is 0 Å². The highest BCUT2D eigenvalue weighted by atomic mass is 32.2. The Hall–Kier alpha value is -1.62. The zero-order valence-corrected chi connectivity index (χ0v) is 12.2. The van der Waals surface area contributed by atoms with E-state index in [9.17, 15) is 13.2 Å². The lowest BCUT2D eigenvalue weighted by molar-refractivity contribution is -0.138. The van der Waals surface area contributed by atoms with Gasteiger partial charge >= 0.3 is 5.97 Å². The summed E-state index contributed by atoms with van der Waals surface area (Å²) < 4.78 is 30.5. The standard InChI is InChI=1S/C15H18O4S/c1-2-3-9-14(13-10-11-15(16)19-13)20(17,18)12-7-5-4-6-8-12/h4-8,10-11,13-14H,2-3,9H2,1H3. The van der Waals surface area contributed by atoms with Crippen molar-refractivity contribution in [3.05, 3.63) is 42.5 Å². The molecule has 0 amide bonds. The Bertz CT molecular complexity index is 590. The second kappa shape index (κ2) is 6.22. The van der Waals surface area contributed by atoms with Crippen LogP contribution in [-0.2, 0) is 19.4 Å². The van der Waals surface area contributed by atoms with Gasteiger partial charge in [0.25, 0.3) is 0 Å². The van der Waals surface area contributed by atoms with E-state index in [0.29, 0.717) is 6.42 Å². The Labute approximate surface area is 119 Å². The molecule has 1 aliphatic rings. The lowest BCUT2D eigenvalue weighted by Crippen LogP contribution is -2.34. The van der Waals surface area contributed by atoms with Crippen LogP contribution < -0.4 is 0 Å². The van der Waals surface area contributed by atoms with Crippen molar-refractivity contribution < 1.29 is 17.9 Å². The average molecular weight is 294 g/mol. The van der Waals surface area contributed by atoms with Crippen LogP contribution in [-0.4, -0.2) is 25.7 Å². The molecule has 0 N–H and O–H groups in total. The number of carbonyl (C=O) groups excluding carboxylic acids is 1. The normalized spacial score (nSPS) is 19.9. The summed E-state index contributed by atoms with van der Waals surface area (Å²) in [6.07, 6.45) is 4.31. The topological polar surface area (TPSA) is 60.4 Å². The highest BCUT2D eigenvalue weighted by molar-refractivity contribution is 7.92. The van der Waals surface area contributed by atoms with Gasteiger partial charge in [0.1, 0.15) is 11.4 Å². The number of sulfone groups is 1. The second-order valence-corrected chi connectivity index (χ2v) is 6.97. The Morgan fingerprint density at radius 1 is 1.25 bits per heavy atom. The Morgan fingerprint density at radius 3 is 2.50 bits per heavy atom. The van der Waals surface area contributed by atoms with Crippen molar-refractivity contribution in [3.8, 4) is 0 Å². The molecule has 20 heavy (non-hydrogen) atoms. The molecule has 108 valence electrons. The van der Waals surface area contributed by atoms with E-state index in [0.717, 1.165) is 12.8 Å². The molecule has 2 rings (SSSR count). The molecule has 1 heterocycles. The summed E-state index contributed by atoms with van der Waals surface area (Å²) in [6.45, 7) is 2.00. The van der Waals surface area contributed by atoms with E-state index in [4.69, 9.17) is 4.74 Å². The molecule has 0 fully saturated rings. The number of ether oxygens (including phenoxy) is 1. The predicted octanol–water partition coefficient (Wildman–Crippen LogP) is 2.50. The summed E-state index contributed by atoms with van der Waals surface area (Å²) in [5.74, 6) is -0.472. The largest absolute Gasteiger partial charge is 0.454 e. The van der Waals surface area contributed by atoms with Gasteiger partial charge in [0.15, 0.2) is 9.84 Å². The fraction of sp³-hybridized carbons (Fsp3) is 0.400. The van der Waals surface area contributed by atoms with Crippen LogP contribution in [0.1, 0.15) is 26.2 Å². The molecule has 2 atom stereocenters. The maximum atomic E-state index is 12.7. The molecule has 2 unspecified atom stereocenters. The molecule has 0 aliphatic carbocycles. The van der Waals surface area contributed by atoms with Gasteiger partial charge in [-0.3, -0.25) is 0 Å². The summed E-state index contributed by atoms with van der Waals surface area (Å²) in [4.78, 5) is 11.5. The molecular weight excluding hydrogens is 276 g/mol. The second-order valence-electron chi connectivity index (χ2n) is 4.80. The van der Waals surface area contributed by atoms with Crippen LogP contribution >= 0.6 is 0 Å². The van der Waals surface area contributed by atoms with E-state index < -0.39 is 27.2 Å². The van der Waals surface area contributed by atoms with Gasteiger partial charge in [0.2, 0.25) is 0 Å². The number of hydrogen-bond acceptors (Lipinski definition) is 4. The molecule has 0 saturated carbocycles. The average Bonchev–Trinajstić information content (AvgIpc) is 2.86. The maximum Gasteiger partial charge on any atom is 0.331 e. The zero-order valence-electron chi connectivity index (χ0n) is 11.4. The summed E-state index contributed by atoms with van der Waals surface area (Å²) in [6, 6.07) is 8.32. The highest BCUT2D eigenvalue weighted by Crippen LogP contribution is 2.26. The van der Waals surface area contributed by atoms with Gasteiger partial charge in [0, 0.05) is 6.08 Å². The molecular formula is C15H18O4S. The number of carbonyl (C=O) groups is 1. The van der Waals surface area contributed by atoms with E-state index >= 15 is 0 Å². The van der Waals surface area contributed by atoms with Gasteiger partial charge in [0.05, 0.1) is 4.90 Å². The van der Waals surface area contributed by atoms with Crippen molar-refractivity contribution in [2.24, 2.45) is 0 Å². The molecule has 0 bridgehead atoms. The summed E-state index contributed by atoms with van der Waals surface area (Å²) in [5.41, 5.74) is 0. The number of esters is 1. The van der Waals surface area contributed by atoms with Gasteiger partial charge < -0.3 is 4.74 Å². The van der Waals surface area contributed by atoms with Gasteiger partial charge in [-0.15, -0.1) is 0 Å². The van der Waals surface area contributed by atoms with Crippen molar-refractivity contribution in [2.45, 2.75) is 42.4 Å². The predicted molar refractivity (Wildman–Crippen MR) is 76.0 cm³/mol. The first-order valence-electron chi connectivity index (χ1n) is 6.73. The SMILES string of the molecule is CCCCC(C1C=CC(=O)O1)S(=O)(=O)c1ccccc1. The van der Waals surface area contributed by atoms with Crippen LogP contribution in [0.15, 0.2) is 47.4 Å². The van der Waals surface area contributed by atoms with Crippen LogP contribution in [0.5, 0.6) is 0 Å². The number of unbranched alkanes of at least 4 members (excludes halogenated alkanes) is 1. The minimum absolute atomic E-state index is 0.275. The third kappa shape index (κ3) is 3.10. The molecule has 0 aromatic heterocycles. The number of benzene rings is 1. The lowest BCUT2D eigenvalue weighted by Gasteiger charge is -2.22. The number of cyclic esters (lactones) is 1. The van der Waals surface area contributed by atoms with Crippen molar-refractivity contribution >= 4 is 15.8 Å². The molecule has 0 radical (unpaired) electrons. The van der Waals surface area contributed by atoms with Crippen molar-refractivity contribution in [1.29, 1.82) is 0 Å².